The highest BCUT2D eigenvalue weighted by molar-refractivity contribution is 5.37. The Kier molecular flexibility index (Phi) is 3.33. The predicted molar refractivity (Wildman–Crippen MR) is 68.6 cm³/mol. The molecule has 0 unspecified atom stereocenters. The largest absolute Gasteiger partial charge is 0.508 e. The molecule has 0 bridgehead atoms. The zero-order chi connectivity index (χ0) is 12.3. The molecule has 2 nitrogen and oxygen atoms in total. The van der Waals surface area contributed by atoms with Crippen molar-refractivity contribution in [2.75, 3.05) is 7.11 Å². The third kappa shape index (κ3) is 2.59. The molecule has 88 valence electrons. The monoisotopic (exact) mass is 228 g/mol. The first-order chi connectivity index (χ1) is 8.20. The topological polar surface area (TPSA) is 29.5 Å². The van der Waals surface area contributed by atoms with E-state index in [0.29, 0.717) is 11.7 Å². The maximum absolute atomic E-state index is 9.26. The van der Waals surface area contributed by atoms with Gasteiger partial charge in [-0.2, -0.15) is 0 Å². The fourth-order valence-electron chi connectivity index (χ4n) is 1.85. The minimum Gasteiger partial charge on any atom is -0.508 e. The first-order valence-electron chi connectivity index (χ1n) is 5.63. The molecule has 1 N–H and O–H groups in total. The van der Waals surface area contributed by atoms with E-state index in [2.05, 4.69) is 19.1 Å². The summed E-state index contributed by atoms with van der Waals surface area (Å²) in [5, 5.41) is 9.26. The second-order valence-corrected chi connectivity index (χ2v) is 4.09. The van der Waals surface area contributed by atoms with E-state index in [4.69, 9.17) is 4.74 Å². The van der Waals surface area contributed by atoms with Gasteiger partial charge in [0.2, 0.25) is 0 Å². The van der Waals surface area contributed by atoms with E-state index >= 15 is 0 Å². The number of phenols is 1. The third-order valence-electron chi connectivity index (χ3n) is 3.01. The van der Waals surface area contributed by atoms with Crippen molar-refractivity contribution in [1.29, 1.82) is 0 Å². The zero-order valence-corrected chi connectivity index (χ0v) is 10.1. The van der Waals surface area contributed by atoms with E-state index in [9.17, 15) is 5.11 Å². The molecule has 2 aromatic carbocycles. The van der Waals surface area contributed by atoms with E-state index in [1.54, 1.807) is 19.2 Å². The van der Waals surface area contributed by atoms with Gasteiger partial charge in [0.25, 0.3) is 0 Å². The molecule has 0 aliphatic heterocycles. The molecule has 17 heavy (non-hydrogen) atoms. The second kappa shape index (κ2) is 4.91. The SMILES string of the molecule is COc1ccc([C@@H](C)c2ccc(O)cc2)cc1. The quantitative estimate of drug-likeness (QED) is 0.870. The molecule has 0 heterocycles. The summed E-state index contributed by atoms with van der Waals surface area (Å²) >= 11 is 0. The second-order valence-electron chi connectivity index (χ2n) is 4.09. The normalized spacial score (nSPS) is 12.1. The number of methoxy groups -OCH3 is 1. The summed E-state index contributed by atoms with van der Waals surface area (Å²) in [6.45, 7) is 2.15. The van der Waals surface area contributed by atoms with Crippen molar-refractivity contribution in [1.82, 2.24) is 0 Å². The number of hydrogen-bond donors (Lipinski definition) is 1. The number of rotatable bonds is 3. The highest BCUT2D eigenvalue weighted by atomic mass is 16.5. The number of ether oxygens (including phenoxy) is 1. The maximum atomic E-state index is 9.26. The fourth-order valence-corrected chi connectivity index (χ4v) is 1.85. The van der Waals surface area contributed by atoms with Crippen LogP contribution in [0.5, 0.6) is 11.5 Å². The Balaban J connectivity index is 2.23. The summed E-state index contributed by atoms with van der Waals surface area (Å²) in [5.74, 6) is 1.48. The van der Waals surface area contributed by atoms with Gasteiger partial charge >= 0.3 is 0 Å². The van der Waals surface area contributed by atoms with Gasteiger partial charge in [0, 0.05) is 5.92 Å². The molecular weight excluding hydrogens is 212 g/mol. The highest BCUT2D eigenvalue weighted by Crippen LogP contribution is 2.26. The van der Waals surface area contributed by atoms with Gasteiger partial charge in [-0.1, -0.05) is 31.2 Å². The van der Waals surface area contributed by atoms with Crippen LogP contribution in [-0.4, -0.2) is 12.2 Å². The summed E-state index contributed by atoms with van der Waals surface area (Å²) < 4.78 is 5.14. The molecule has 0 spiro atoms. The van der Waals surface area contributed by atoms with E-state index in [0.717, 1.165) is 5.75 Å². The molecule has 0 aromatic heterocycles. The number of hydrogen-bond acceptors (Lipinski definition) is 2. The van der Waals surface area contributed by atoms with Gasteiger partial charge in [-0.25, -0.2) is 0 Å². The Morgan fingerprint density at radius 3 is 1.82 bits per heavy atom. The summed E-state index contributed by atoms with van der Waals surface area (Å²) in [5.41, 5.74) is 2.42. The standard InChI is InChI=1S/C15H16O2/c1-11(12-3-7-14(16)8-4-12)13-5-9-15(17-2)10-6-13/h3-11,16H,1-2H3/t11-/m0/s1. The van der Waals surface area contributed by atoms with Crippen LogP contribution in [0.4, 0.5) is 0 Å². The predicted octanol–water partition coefficient (Wildman–Crippen LogP) is 3.55. The molecule has 0 saturated carbocycles. The van der Waals surface area contributed by atoms with E-state index < -0.39 is 0 Å². The van der Waals surface area contributed by atoms with Crippen LogP contribution in [0, 0.1) is 0 Å². The molecule has 2 heteroatoms. The van der Waals surface area contributed by atoms with Crippen molar-refractivity contribution in [3.63, 3.8) is 0 Å². The van der Waals surface area contributed by atoms with Crippen molar-refractivity contribution in [2.24, 2.45) is 0 Å². The Morgan fingerprint density at radius 2 is 1.35 bits per heavy atom. The van der Waals surface area contributed by atoms with Crippen molar-refractivity contribution >= 4 is 0 Å². The van der Waals surface area contributed by atoms with Gasteiger partial charge in [0.15, 0.2) is 0 Å². The molecule has 2 rings (SSSR count). The highest BCUT2D eigenvalue weighted by Gasteiger charge is 2.08. The summed E-state index contributed by atoms with van der Waals surface area (Å²) in [6.07, 6.45) is 0. The average Bonchev–Trinajstić information content (AvgIpc) is 2.39. The Morgan fingerprint density at radius 1 is 0.882 bits per heavy atom. The molecule has 0 aliphatic rings. The van der Waals surface area contributed by atoms with Gasteiger partial charge in [-0.15, -0.1) is 0 Å². The van der Waals surface area contributed by atoms with Crippen LogP contribution in [0.3, 0.4) is 0 Å². The Bertz CT molecular complexity index is 471. The molecular formula is C15H16O2. The first kappa shape index (κ1) is 11.5. The lowest BCUT2D eigenvalue weighted by Gasteiger charge is -2.13. The zero-order valence-electron chi connectivity index (χ0n) is 10.1. The van der Waals surface area contributed by atoms with Crippen LogP contribution in [0.25, 0.3) is 0 Å². The lowest BCUT2D eigenvalue weighted by atomic mass is 9.93. The summed E-state index contributed by atoms with van der Waals surface area (Å²) in [4.78, 5) is 0. The van der Waals surface area contributed by atoms with Gasteiger partial charge in [0.05, 0.1) is 7.11 Å². The Hall–Kier alpha value is -1.96. The van der Waals surface area contributed by atoms with Crippen molar-refractivity contribution < 1.29 is 9.84 Å². The Labute approximate surface area is 101 Å². The lowest BCUT2D eigenvalue weighted by Crippen LogP contribution is -1.95. The molecule has 0 amide bonds. The van der Waals surface area contributed by atoms with Crippen LogP contribution < -0.4 is 4.74 Å². The summed E-state index contributed by atoms with van der Waals surface area (Å²) in [6, 6.07) is 15.4. The summed E-state index contributed by atoms with van der Waals surface area (Å²) in [7, 11) is 1.67. The fraction of sp³-hybridized carbons (Fsp3) is 0.200. The third-order valence-corrected chi connectivity index (χ3v) is 3.01. The number of aromatic hydroxyl groups is 1. The lowest BCUT2D eigenvalue weighted by molar-refractivity contribution is 0.414. The van der Waals surface area contributed by atoms with Crippen molar-refractivity contribution in [3.8, 4) is 11.5 Å². The average molecular weight is 228 g/mol. The van der Waals surface area contributed by atoms with Gasteiger partial charge in [0.1, 0.15) is 11.5 Å². The molecule has 0 fully saturated rings. The van der Waals surface area contributed by atoms with Crippen LogP contribution in [-0.2, 0) is 0 Å². The van der Waals surface area contributed by atoms with Crippen molar-refractivity contribution in [3.05, 3.63) is 59.7 Å². The molecule has 0 aliphatic carbocycles. The first-order valence-corrected chi connectivity index (χ1v) is 5.63. The van der Waals surface area contributed by atoms with E-state index in [1.165, 1.54) is 11.1 Å². The minimum atomic E-state index is 0.302. The number of benzene rings is 2. The minimum absolute atomic E-state index is 0.302. The van der Waals surface area contributed by atoms with E-state index in [1.807, 2.05) is 24.3 Å². The van der Waals surface area contributed by atoms with Gasteiger partial charge in [-0.3, -0.25) is 0 Å². The molecule has 0 radical (unpaired) electrons. The maximum Gasteiger partial charge on any atom is 0.118 e. The molecule has 2 aromatic rings. The van der Waals surface area contributed by atoms with Crippen molar-refractivity contribution in [2.45, 2.75) is 12.8 Å². The molecule has 0 saturated heterocycles. The van der Waals surface area contributed by atoms with Crippen LogP contribution >= 0.6 is 0 Å². The molecule has 1 atom stereocenters. The van der Waals surface area contributed by atoms with Crippen LogP contribution in [0.15, 0.2) is 48.5 Å². The van der Waals surface area contributed by atoms with Gasteiger partial charge in [-0.05, 0) is 35.4 Å². The van der Waals surface area contributed by atoms with E-state index in [-0.39, 0.29) is 0 Å². The number of phenolic OH excluding ortho intramolecular Hbond substituents is 1. The van der Waals surface area contributed by atoms with Crippen LogP contribution in [0.2, 0.25) is 0 Å². The van der Waals surface area contributed by atoms with Crippen LogP contribution in [0.1, 0.15) is 24.0 Å². The smallest absolute Gasteiger partial charge is 0.118 e. The van der Waals surface area contributed by atoms with Gasteiger partial charge < -0.3 is 9.84 Å².